The number of nitrogens with zero attached hydrogens (tertiary/aromatic N) is 3. The summed E-state index contributed by atoms with van der Waals surface area (Å²) in [5.74, 6) is 1.20. The number of fused-ring (bicyclic) bond motifs is 1. The SMILES string of the molecule is CN=c1scc(-c2ccc3c(c2)NC(=O)CO3)n1N=Cc1ccc(OC(=O)c2ccc(OC)cc2)c(OC)c1. The number of anilines is 1. The van der Waals surface area contributed by atoms with Gasteiger partial charge >= 0.3 is 5.97 Å². The van der Waals surface area contributed by atoms with Crippen LogP contribution in [0.2, 0.25) is 0 Å². The van der Waals surface area contributed by atoms with Crippen LogP contribution in [0.3, 0.4) is 0 Å². The number of ether oxygens (including phenoxy) is 4. The Morgan fingerprint density at radius 2 is 1.87 bits per heavy atom. The lowest BCUT2D eigenvalue weighted by Crippen LogP contribution is -2.25. The van der Waals surface area contributed by atoms with Crippen LogP contribution in [0.1, 0.15) is 15.9 Å². The van der Waals surface area contributed by atoms with Gasteiger partial charge in [0.25, 0.3) is 5.91 Å². The maximum Gasteiger partial charge on any atom is 0.343 e. The second-order valence-corrected chi connectivity index (χ2v) is 9.10. The van der Waals surface area contributed by atoms with Gasteiger partial charge in [0.2, 0.25) is 4.80 Å². The van der Waals surface area contributed by atoms with Crippen molar-refractivity contribution in [3.8, 4) is 34.3 Å². The Morgan fingerprint density at radius 3 is 2.62 bits per heavy atom. The number of esters is 1. The van der Waals surface area contributed by atoms with Crippen molar-refractivity contribution in [1.82, 2.24) is 4.68 Å². The summed E-state index contributed by atoms with van der Waals surface area (Å²) in [7, 11) is 4.75. The van der Waals surface area contributed by atoms with E-state index in [1.54, 1.807) is 67.5 Å². The third-order valence-corrected chi connectivity index (χ3v) is 6.73. The van der Waals surface area contributed by atoms with Crippen molar-refractivity contribution < 1.29 is 28.5 Å². The molecule has 0 aliphatic carbocycles. The zero-order valence-corrected chi connectivity index (χ0v) is 22.2. The highest BCUT2D eigenvalue weighted by molar-refractivity contribution is 7.07. The summed E-state index contributed by atoms with van der Waals surface area (Å²) in [4.78, 5) is 29.4. The predicted molar refractivity (Wildman–Crippen MR) is 147 cm³/mol. The summed E-state index contributed by atoms with van der Waals surface area (Å²) < 4.78 is 23.3. The molecular formula is C28H24N4O6S. The molecule has 0 saturated heterocycles. The van der Waals surface area contributed by atoms with Crippen LogP contribution >= 0.6 is 11.3 Å². The van der Waals surface area contributed by atoms with Crippen LogP contribution in [0.15, 0.2) is 76.1 Å². The van der Waals surface area contributed by atoms with Gasteiger partial charge in [0, 0.05) is 18.0 Å². The molecule has 1 amide bonds. The standard InChI is InChI=1S/C28H24N4O6S/c1-29-28-32(22(16-39-28)19-7-11-23-21(13-19)31-26(33)15-37-23)30-14-17-4-10-24(25(12-17)36-3)38-27(34)18-5-8-20(35-2)9-6-18/h4-14,16H,15H2,1-3H3,(H,31,33). The largest absolute Gasteiger partial charge is 0.497 e. The Kier molecular flexibility index (Phi) is 7.41. The molecule has 0 atom stereocenters. The highest BCUT2D eigenvalue weighted by atomic mass is 32.1. The molecule has 2 heterocycles. The van der Waals surface area contributed by atoms with Gasteiger partial charge in [-0.25, -0.2) is 9.47 Å². The molecule has 0 fully saturated rings. The molecule has 0 saturated carbocycles. The summed E-state index contributed by atoms with van der Waals surface area (Å²) >= 11 is 1.44. The van der Waals surface area contributed by atoms with Crippen molar-refractivity contribution in [2.24, 2.45) is 10.1 Å². The third-order valence-electron chi connectivity index (χ3n) is 5.82. The quantitative estimate of drug-likeness (QED) is 0.212. The number of rotatable bonds is 7. The van der Waals surface area contributed by atoms with Gasteiger partial charge in [0.1, 0.15) is 11.5 Å². The summed E-state index contributed by atoms with van der Waals surface area (Å²) in [5.41, 5.74) is 3.32. The van der Waals surface area contributed by atoms with Crippen LogP contribution in [0.4, 0.5) is 5.69 Å². The molecule has 1 N–H and O–H groups in total. The van der Waals surface area contributed by atoms with Crippen LogP contribution in [0.5, 0.6) is 23.0 Å². The van der Waals surface area contributed by atoms with Gasteiger partial charge in [0.05, 0.1) is 37.4 Å². The average Bonchev–Trinajstić information content (AvgIpc) is 3.39. The minimum absolute atomic E-state index is 0.00309. The Labute approximate surface area is 227 Å². The smallest absolute Gasteiger partial charge is 0.343 e. The van der Waals surface area contributed by atoms with Gasteiger partial charge in [-0.1, -0.05) is 0 Å². The van der Waals surface area contributed by atoms with Crippen LogP contribution in [-0.4, -0.2) is 50.6 Å². The second-order valence-electron chi connectivity index (χ2n) is 8.26. The first-order valence-electron chi connectivity index (χ1n) is 11.8. The van der Waals surface area contributed by atoms with Crippen molar-refractivity contribution in [2.75, 3.05) is 33.2 Å². The number of nitrogens with one attached hydrogen (secondary N) is 1. The molecule has 1 aliphatic heterocycles. The van der Waals surface area contributed by atoms with Crippen molar-refractivity contribution in [1.29, 1.82) is 0 Å². The lowest BCUT2D eigenvalue weighted by molar-refractivity contribution is -0.118. The summed E-state index contributed by atoms with van der Waals surface area (Å²) in [6, 6.07) is 17.3. The minimum Gasteiger partial charge on any atom is -0.497 e. The number of benzene rings is 3. The highest BCUT2D eigenvalue weighted by Crippen LogP contribution is 2.33. The Hall–Kier alpha value is -4.90. The van der Waals surface area contributed by atoms with E-state index >= 15 is 0 Å². The van der Waals surface area contributed by atoms with Crippen LogP contribution in [0, 0.1) is 0 Å². The highest BCUT2D eigenvalue weighted by Gasteiger charge is 2.18. The number of thiazole rings is 1. The van der Waals surface area contributed by atoms with Crippen molar-refractivity contribution in [3.05, 3.63) is 82.0 Å². The molecular weight excluding hydrogens is 520 g/mol. The van der Waals surface area contributed by atoms with E-state index in [1.807, 2.05) is 23.6 Å². The van der Waals surface area contributed by atoms with Gasteiger partial charge in [0.15, 0.2) is 18.1 Å². The van der Waals surface area contributed by atoms with Crippen molar-refractivity contribution in [2.45, 2.75) is 0 Å². The molecule has 0 radical (unpaired) electrons. The lowest BCUT2D eigenvalue weighted by atomic mass is 10.1. The average molecular weight is 545 g/mol. The van der Waals surface area contributed by atoms with Gasteiger partial charge in [-0.05, 0) is 66.2 Å². The fraction of sp³-hybridized carbons (Fsp3) is 0.143. The number of hydrogen-bond donors (Lipinski definition) is 1. The number of aromatic nitrogens is 1. The maximum atomic E-state index is 12.6. The van der Waals surface area contributed by atoms with Crippen molar-refractivity contribution in [3.63, 3.8) is 0 Å². The van der Waals surface area contributed by atoms with Gasteiger partial charge in [-0.15, -0.1) is 11.3 Å². The fourth-order valence-electron chi connectivity index (χ4n) is 3.86. The van der Waals surface area contributed by atoms with Crippen molar-refractivity contribution >= 4 is 35.1 Å². The van der Waals surface area contributed by atoms with Gasteiger partial charge < -0.3 is 24.3 Å². The molecule has 0 bridgehead atoms. The molecule has 3 aromatic carbocycles. The molecule has 0 spiro atoms. The van der Waals surface area contributed by atoms with Crippen LogP contribution in [-0.2, 0) is 4.79 Å². The summed E-state index contributed by atoms with van der Waals surface area (Å²) in [5, 5.41) is 9.42. The Balaban J connectivity index is 1.40. The maximum absolute atomic E-state index is 12.6. The number of methoxy groups -OCH3 is 2. The van der Waals surface area contributed by atoms with E-state index in [0.717, 1.165) is 11.3 Å². The molecule has 198 valence electrons. The molecule has 10 nitrogen and oxygen atoms in total. The molecule has 11 heteroatoms. The van der Waals surface area contributed by atoms with Crippen LogP contribution < -0.4 is 29.1 Å². The number of amides is 1. The van der Waals surface area contributed by atoms with E-state index in [0.29, 0.717) is 38.9 Å². The minimum atomic E-state index is -0.517. The van der Waals surface area contributed by atoms with E-state index in [2.05, 4.69) is 15.4 Å². The Bertz CT molecular complexity index is 1640. The summed E-state index contributed by atoms with van der Waals surface area (Å²) in [6.07, 6.45) is 1.66. The molecule has 39 heavy (non-hydrogen) atoms. The van der Waals surface area contributed by atoms with E-state index in [1.165, 1.54) is 18.4 Å². The van der Waals surface area contributed by atoms with Gasteiger partial charge in [-0.2, -0.15) is 5.10 Å². The second kappa shape index (κ2) is 11.2. The third kappa shape index (κ3) is 5.53. The molecule has 5 rings (SSSR count). The monoisotopic (exact) mass is 544 g/mol. The first-order valence-corrected chi connectivity index (χ1v) is 12.7. The number of carbonyl (C=O) groups is 2. The zero-order valence-electron chi connectivity index (χ0n) is 21.3. The van der Waals surface area contributed by atoms with E-state index in [9.17, 15) is 9.59 Å². The number of carbonyl (C=O) groups excluding carboxylic acids is 2. The first-order chi connectivity index (χ1) is 19.0. The van der Waals surface area contributed by atoms with Crippen LogP contribution in [0.25, 0.3) is 11.3 Å². The van der Waals surface area contributed by atoms with E-state index in [-0.39, 0.29) is 18.3 Å². The molecule has 4 aromatic rings. The fourth-order valence-corrected chi connectivity index (χ4v) is 4.67. The van der Waals surface area contributed by atoms with E-state index in [4.69, 9.17) is 18.9 Å². The topological polar surface area (TPSA) is 113 Å². The zero-order chi connectivity index (χ0) is 27.4. The molecule has 0 unspecified atom stereocenters. The summed E-state index contributed by atoms with van der Waals surface area (Å²) in [6.45, 7) is -0.00309. The first kappa shape index (κ1) is 25.7. The lowest BCUT2D eigenvalue weighted by Gasteiger charge is -2.18. The number of hydrogen-bond acceptors (Lipinski definition) is 9. The predicted octanol–water partition coefficient (Wildman–Crippen LogP) is 4.20. The Morgan fingerprint density at radius 1 is 1.05 bits per heavy atom. The van der Waals surface area contributed by atoms with Gasteiger partial charge in [-0.3, -0.25) is 9.79 Å². The molecule has 1 aliphatic rings. The normalized spacial score (nSPS) is 13.0. The molecule has 1 aromatic heterocycles. The van der Waals surface area contributed by atoms with E-state index < -0.39 is 5.97 Å².